The van der Waals surface area contributed by atoms with E-state index in [1.165, 1.54) is 0 Å². The minimum atomic E-state index is -0.0853. The van der Waals surface area contributed by atoms with Crippen molar-refractivity contribution >= 4 is 12.2 Å². The van der Waals surface area contributed by atoms with E-state index in [0.29, 0.717) is 11.3 Å². The molecule has 2 aromatic rings. The zero-order valence-corrected chi connectivity index (χ0v) is 10.5. The maximum Gasteiger partial charge on any atom is 0.256 e. The lowest BCUT2D eigenvalue weighted by Crippen LogP contribution is -2.35. The third-order valence-corrected chi connectivity index (χ3v) is 3.35. The van der Waals surface area contributed by atoms with Crippen molar-refractivity contribution < 1.29 is 4.42 Å². The molecule has 1 aliphatic heterocycles. The van der Waals surface area contributed by atoms with Crippen LogP contribution >= 0.6 is 12.2 Å². The van der Waals surface area contributed by atoms with Gasteiger partial charge in [-0.1, -0.05) is 0 Å². The zero-order valence-electron chi connectivity index (χ0n) is 9.73. The summed E-state index contributed by atoms with van der Waals surface area (Å²) in [5.74, 6) is 0.916. The van der Waals surface area contributed by atoms with E-state index in [0.717, 1.165) is 36.5 Å². The number of fused-ring (bicyclic) bond motifs is 1. The summed E-state index contributed by atoms with van der Waals surface area (Å²) in [6.07, 6.45) is 2.47. The Balaban J connectivity index is 1.85. The molecule has 0 radical (unpaired) electrons. The van der Waals surface area contributed by atoms with Crippen LogP contribution in [0.15, 0.2) is 27.6 Å². The number of furan rings is 1. The van der Waals surface area contributed by atoms with Gasteiger partial charge in [0.05, 0.1) is 18.4 Å². The van der Waals surface area contributed by atoms with Gasteiger partial charge >= 0.3 is 0 Å². The number of aromatic nitrogens is 2. The van der Waals surface area contributed by atoms with Crippen LogP contribution in [-0.2, 0) is 19.5 Å². The van der Waals surface area contributed by atoms with Crippen LogP contribution in [0.1, 0.15) is 17.0 Å². The molecule has 0 fully saturated rings. The number of aromatic amines is 2. The molecule has 0 atom stereocenters. The third kappa shape index (κ3) is 2.16. The van der Waals surface area contributed by atoms with Crippen LogP contribution in [0.4, 0.5) is 0 Å². The highest BCUT2D eigenvalue weighted by molar-refractivity contribution is 7.71. The van der Waals surface area contributed by atoms with Gasteiger partial charge in [0.15, 0.2) is 4.77 Å². The Kier molecular flexibility index (Phi) is 2.89. The average molecular weight is 263 g/mol. The maximum absolute atomic E-state index is 11.8. The molecule has 0 aromatic carbocycles. The van der Waals surface area contributed by atoms with Crippen LogP contribution in [0.3, 0.4) is 0 Å². The van der Waals surface area contributed by atoms with Gasteiger partial charge in [-0.25, -0.2) is 0 Å². The molecule has 0 unspecified atom stereocenters. The minimum Gasteiger partial charge on any atom is -0.468 e. The Bertz CT molecular complexity index is 657. The van der Waals surface area contributed by atoms with Crippen LogP contribution in [0, 0.1) is 4.77 Å². The fraction of sp³-hybridized carbons (Fsp3) is 0.333. The number of rotatable bonds is 2. The van der Waals surface area contributed by atoms with Gasteiger partial charge in [0, 0.05) is 25.2 Å². The van der Waals surface area contributed by atoms with Crippen molar-refractivity contribution in [1.29, 1.82) is 0 Å². The summed E-state index contributed by atoms with van der Waals surface area (Å²) < 4.78 is 5.72. The Morgan fingerprint density at radius 3 is 3.11 bits per heavy atom. The molecule has 2 N–H and O–H groups in total. The molecule has 0 bridgehead atoms. The number of nitrogens with zero attached hydrogens (tertiary/aromatic N) is 1. The first-order valence-corrected chi connectivity index (χ1v) is 6.22. The molecule has 5 nitrogen and oxygen atoms in total. The fourth-order valence-corrected chi connectivity index (χ4v) is 2.49. The topological polar surface area (TPSA) is 65.0 Å². The molecule has 1 aliphatic rings. The second kappa shape index (κ2) is 4.55. The number of hydrogen-bond donors (Lipinski definition) is 2. The molecule has 94 valence electrons. The van der Waals surface area contributed by atoms with Crippen LogP contribution in [-0.4, -0.2) is 21.4 Å². The van der Waals surface area contributed by atoms with Gasteiger partial charge in [-0.05, 0) is 24.4 Å². The Hall–Kier alpha value is -1.66. The van der Waals surface area contributed by atoms with E-state index in [1.807, 2.05) is 12.1 Å². The van der Waals surface area contributed by atoms with E-state index >= 15 is 0 Å². The van der Waals surface area contributed by atoms with Crippen LogP contribution in [0.5, 0.6) is 0 Å². The van der Waals surface area contributed by atoms with Gasteiger partial charge < -0.3 is 9.40 Å². The molecule has 3 rings (SSSR count). The predicted octanol–water partition coefficient (Wildman–Crippen LogP) is 1.58. The summed E-state index contributed by atoms with van der Waals surface area (Å²) in [4.78, 5) is 19.7. The van der Waals surface area contributed by atoms with Gasteiger partial charge in [-0.2, -0.15) is 0 Å². The Morgan fingerprint density at radius 1 is 1.44 bits per heavy atom. The minimum absolute atomic E-state index is 0.0853. The maximum atomic E-state index is 11.8. The first-order chi connectivity index (χ1) is 8.72. The number of hydrogen-bond acceptors (Lipinski definition) is 4. The van der Waals surface area contributed by atoms with E-state index in [-0.39, 0.29) is 5.56 Å². The summed E-state index contributed by atoms with van der Waals surface area (Å²) in [7, 11) is 0. The number of H-pyrrole nitrogens is 2. The van der Waals surface area contributed by atoms with Crippen molar-refractivity contribution in [3.63, 3.8) is 0 Å². The van der Waals surface area contributed by atoms with E-state index in [4.69, 9.17) is 16.6 Å². The molecule has 0 amide bonds. The standard InChI is InChI=1S/C12H13N3O2S/c16-11-9-7-15(6-8-2-1-5-17-8)4-3-10(9)13-12(18)14-11/h1-2,5H,3-4,6-7H2,(H2,13,14,16,18). The molecule has 0 spiro atoms. The zero-order chi connectivity index (χ0) is 12.5. The normalized spacial score (nSPS) is 15.6. The molecule has 0 saturated carbocycles. The molecule has 6 heteroatoms. The summed E-state index contributed by atoms with van der Waals surface area (Å²) in [6.45, 7) is 2.24. The average Bonchev–Trinajstić information content (AvgIpc) is 2.83. The van der Waals surface area contributed by atoms with Gasteiger partial charge in [0.1, 0.15) is 5.76 Å². The Morgan fingerprint density at radius 2 is 2.33 bits per heavy atom. The monoisotopic (exact) mass is 263 g/mol. The van der Waals surface area contributed by atoms with Gasteiger partial charge in [-0.15, -0.1) is 0 Å². The van der Waals surface area contributed by atoms with Gasteiger partial charge in [0.25, 0.3) is 5.56 Å². The second-order valence-electron chi connectivity index (χ2n) is 4.41. The highest BCUT2D eigenvalue weighted by atomic mass is 32.1. The van der Waals surface area contributed by atoms with Crippen molar-refractivity contribution in [2.24, 2.45) is 0 Å². The highest BCUT2D eigenvalue weighted by Gasteiger charge is 2.20. The Labute approximate surface area is 108 Å². The van der Waals surface area contributed by atoms with Crippen molar-refractivity contribution in [2.75, 3.05) is 6.54 Å². The first-order valence-electron chi connectivity index (χ1n) is 5.81. The molecular formula is C12H13N3O2S. The summed E-state index contributed by atoms with van der Waals surface area (Å²) in [5.41, 5.74) is 1.65. The highest BCUT2D eigenvalue weighted by Crippen LogP contribution is 2.16. The molecule has 3 heterocycles. The first kappa shape index (κ1) is 11.4. The smallest absolute Gasteiger partial charge is 0.256 e. The van der Waals surface area contributed by atoms with Gasteiger partial charge in [-0.3, -0.25) is 14.7 Å². The van der Waals surface area contributed by atoms with E-state index in [9.17, 15) is 4.79 Å². The molecule has 0 aliphatic carbocycles. The molecule has 18 heavy (non-hydrogen) atoms. The summed E-state index contributed by atoms with van der Waals surface area (Å²) in [6, 6.07) is 3.81. The molecule has 2 aromatic heterocycles. The second-order valence-corrected chi connectivity index (χ2v) is 4.81. The lowest BCUT2D eigenvalue weighted by atomic mass is 10.1. The van der Waals surface area contributed by atoms with Crippen LogP contribution in [0.25, 0.3) is 0 Å². The van der Waals surface area contributed by atoms with Crippen molar-refractivity contribution in [1.82, 2.24) is 14.9 Å². The van der Waals surface area contributed by atoms with Crippen molar-refractivity contribution in [3.8, 4) is 0 Å². The van der Waals surface area contributed by atoms with Gasteiger partial charge in [0.2, 0.25) is 0 Å². The summed E-state index contributed by atoms with van der Waals surface area (Å²) in [5, 5.41) is 0. The van der Waals surface area contributed by atoms with E-state index in [2.05, 4.69) is 14.9 Å². The van der Waals surface area contributed by atoms with Crippen molar-refractivity contribution in [3.05, 3.63) is 50.5 Å². The quantitative estimate of drug-likeness (QED) is 0.807. The predicted molar refractivity (Wildman–Crippen MR) is 68.8 cm³/mol. The SMILES string of the molecule is O=c1[nH]c(=S)[nH]c2c1CN(Cc1ccco1)CC2. The van der Waals surface area contributed by atoms with Crippen LogP contribution in [0.2, 0.25) is 0 Å². The lowest BCUT2D eigenvalue weighted by Gasteiger charge is -2.26. The van der Waals surface area contributed by atoms with Crippen LogP contribution < -0.4 is 5.56 Å². The van der Waals surface area contributed by atoms with Crippen molar-refractivity contribution in [2.45, 2.75) is 19.5 Å². The van der Waals surface area contributed by atoms with E-state index in [1.54, 1.807) is 6.26 Å². The summed E-state index contributed by atoms with van der Waals surface area (Å²) >= 11 is 4.97. The number of nitrogens with one attached hydrogen (secondary N) is 2. The van der Waals surface area contributed by atoms with E-state index < -0.39 is 0 Å². The fourth-order valence-electron chi connectivity index (χ4n) is 2.27. The lowest BCUT2D eigenvalue weighted by molar-refractivity contribution is 0.222. The third-order valence-electron chi connectivity index (χ3n) is 3.15. The molecular weight excluding hydrogens is 250 g/mol. The molecule has 0 saturated heterocycles. The largest absolute Gasteiger partial charge is 0.468 e.